The lowest BCUT2D eigenvalue weighted by atomic mass is 10.1. The van der Waals surface area contributed by atoms with Gasteiger partial charge in [-0.15, -0.1) is 5.10 Å². The Labute approximate surface area is 190 Å². The number of hydrogen-bond donors (Lipinski definition) is 2. The molecular formula is C21H24FN5O5S. The molecule has 1 saturated heterocycles. The molecule has 2 N–H and O–H groups in total. The number of ether oxygens (including phenoxy) is 1. The Balaban J connectivity index is 1.33. The van der Waals surface area contributed by atoms with Crippen LogP contribution in [-0.2, 0) is 21.2 Å². The van der Waals surface area contributed by atoms with Gasteiger partial charge in [-0.3, -0.25) is 15.0 Å². The Morgan fingerprint density at radius 1 is 1.24 bits per heavy atom. The largest absolute Gasteiger partial charge is 0.490 e. The van der Waals surface area contributed by atoms with Crippen LogP contribution in [0.25, 0.3) is 0 Å². The van der Waals surface area contributed by atoms with E-state index < -0.39 is 33.8 Å². The Morgan fingerprint density at radius 3 is 2.67 bits per heavy atom. The summed E-state index contributed by atoms with van der Waals surface area (Å²) in [5, 5.41) is 10.00. The van der Waals surface area contributed by atoms with Crippen molar-refractivity contribution in [2.45, 2.75) is 32.2 Å². The molecule has 0 bridgehead atoms. The van der Waals surface area contributed by atoms with Gasteiger partial charge in [0.05, 0.1) is 18.1 Å². The summed E-state index contributed by atoms with van der Waals surface area (Å²) >= 11 is 0. The zero-order chi connectivity index (χ0) is 23.6. The number of aromatic nitrogens is 2. The van der Waals surface area contributed by atoms with E-state index in [0.29, 0.717) is 23.8 Å². The van der Waals surface area contributed by atoms with Crippen molar-refractivity contribution in [1.29, 1.82) is 0 Å². The van der Waals surface area contributed by atoms with Crippen molar-refractivity contribution in [2.75, 3.05) is 23.8 Å². The van der Waals surface area contributed by atoms with E-state index in [2.05, 4.69) is 20.2 Å². The molecule has 0 radical (unpaired) electrons. The minimum absolute atomic E-state index is 0.0969. The van der Waals surface area contributed by atoms with Crippen LogP contribution in [-0.4, -0.2) is 49.5 Å². The molecule has 176 valence electrons. The number of imide groups is 1. The van der Waals surface area contributed by atoms with E-state index in [0.717, 1.165) is 17.7 Å². The van der Waals surface area contributed by atoms with Gasteiger partial charge in [0.1, 0.15) is 6.54 Å². The van der Waals surface area contributed by atoms with Crippen LogP contribution in [0.1, 0.15) is 37.1 Å². The highest BCUT2D eigenvalue weighted by Crippen LogP contribution is 2.31. The predicted molar refractivity (Wildman–Crippen MR) is 117 cm³/mol. The minimum Gasteiger partial charge on any atom is -0.490 e. The summed E-state index contributed by atoms with van der Waals surface area (Å²) < 4.78 is 47.2. The van der Waals surface area contributed by atoms with Gasteiger partial charge in [0.25, 0.3) is 0 Å². The predicted octanol–water partition coefficient (Wildman–Crippen LogP) is 1.68. The van der Waals surface area contributed by atoms with Crippen molar-refractivity contribution in [3.63, 3.8) is 0 Å². The Morgan fingerprint density at radius 2 is 2.03 bits per heavy atom. The number of rotatable bonds is 10. The van der Waals surface area contributed by atoms with Crippen LogP contribution in [0.2, 0.25) is 0 Å². The van der Waals surface area contributed by atoms with Crippen LogP contribution in [0, 0.1) is 11.7 Å². The number of halogens is 1. The van der Waals surface area contributed by atoms with Crippen LogP contribution in [0.15, 0.2) is 30.3 Å². The first kappa shape index (κ1) is 23.1. The third kappa shape index (κ3) is 6.02. The number of hydrogen-bond acceptors (Lipinski definition) is 7. The van der Waals surface area contributed by atoms with Crippen molar-refractivity contribution < 1.29 is 27.1 Å². The van der Waals surface area contributed by atoms with Crippen LogP contribution in [0.4, 0.5) is 15.0 Å². The molecule has 2 heterocycles. The number of anilines is 1. The number of aryl methyl sites for hydroxylation is 1. The first-order valence-electron chi connectivity index (χ1n) is 10.6. The molecule has 3 amide bonds. The fraction of sp³-hybridized carbons (Fsp3) is 0.429. The normalized spacial score (nSPS) is 17.2. The molecule has 10 nitrogen and oxygen atoms in total. The van der Waals surface area contributed by atoms with E-state index in [9.17, 15) is 22.4 Å². The molecule has 2 aromatic rings. The molecule has 0 unspecified atom stereocenters. The number of amides is 3. The maximum absolute atomic E-state index is 14.0. The Bertz CT molecular complexity index is 1150. The van der Waals surface area contributed by atoms with Crippen molar-refractivity contribution >= 4 is 27.8 Å². The monoisotopic (exact) mass is 477 g/mol. The topological polar surface area (TPSA) is 131 Å². The van der Waals surface area contributed by atoms with Gasteiger partial charge in [-0.05, 0) is 55.5 Å². The van der Waals surface area contributed by atoms with Crippen molar-refractivity contribution in [2.24, 2.45) is 5.92 Å². The average Bonchev–Trinajstić information content (AvgIpc) is 3.54. The highest BCUT2D eigenvalue weighted by molar-refractivity contribution is 7.89. The van der Waals surface area contributed by atoms with Crippen LogP contribution < -0.4 is 19.7 Å². The summed E-state index contributed by atoms with van der Waals surface area (Å²) in [4.78, 5) is 24.1. The summed E-state index contributed by atoms with van der Waals surface area (Å²) in [7, 11) is -3.68. The van der Waals surface area contributed by atoms with Gasteiger partial charge in [-0.1, -0.05) is 6.07 Å². The standard InChI is InChI=1S/C21H24FN5O5S/c1-13(15-4-6-17(22)18(10-15)32-12-14-2-3-14)26-33(30,31)9-8-16-5-7-19(25-24-16)27-11-20(28)23-21(27)29/h4-7,10,13-14,26H,2-3,8-9,11-12H2,1H3,(H,23,28,29)/t13-/m1/s1. The number of nitrogens with one attached hydrogen (secondary N) is 2. The third-order valence-corrected chi connectivity index (χ3v) is 6.84. The van der Waals surface area contributed by atoms with E-state index in [4.69, 9.17) is 4.74 Å². The molecule has 2 fully saturated rings. The number of nitrogens with zero attached hydrogens (tertiary/aromatic N) is 3. The molecule has 1 saturated carbocycles. The van der Waals surface area contributed by atoms with Gasteiger partial charge < -0.3 is 4.74 Å². The number of urea groups is 1. The average molecular weight is 478 g/mol. The van der Waals surface area contributed by atoms with E-state index in [1.807, 2.05) is 0 Å². The quantitative estimate of drug-likeness (QED) is 0.498. The zero-order valence-corrected chi connectivity index (χ0v) is 18.8. The fourth-order valence-corrected chi connectivity index (χ4v) is 4.55. The lowest BCUT2D eigenvalue weighted by molar-refractivity contribution is -0.117. The molecule has 1 aliphatic heterocycles. The summed E-state index contributed by atoms with van der Waals surface area (Å²) in [6, 6.07) is 6.22. The lowest BCUT2D eigenvalue weighted by Crippen LogP contribution is -2.30. The molecule has 2 aliphatic rings. The molecule has 1 aromatic carbocycles. The van der Waals surface area contributed by atoms with Gasteiger partial charge in [0.2, 0.25) is 15.9 Å². The van der Waals surface area contributed by atoms with Crippen LogP contribution >= 0.6 is 0 Å². The molecule has 33 heavy (non-hydrogen) atoms. The van der Waals surface area contributed by atoms with Crippen molar-refractivity contribution in [3.05, 3.63) is 47.4 Å². The Hall–Kier alpha value is -3.12. The van der Waals surface area contributed by atoms with Gasteiger partial charge in [0.15, 0.2) is 17.4 Å². The van der Waals surface area contributed by atoms with Crippen LogP contribution in [0.5, 0.6) is 5.75 Å². The molecule has 1 aliphatic carbocycles. The molecule has 1 aromatic heterocycles. The maximum Gasteiger partial charge on any atom is 0.330 e. The maximum atomic E-state index is 14.0. The lowest BCUT2D eigenvalue weighted by Gasteiger charge is -2.16. The fourth-order valence-electron chi connectivity index (χ4n) is 3.28. The van der Waals surface area contributed by atoms with Crippen molar-refractivity contribution in [3.8, 4) is 5.75 Å². The van der Waals surface area contributed by atoms with Gasteiger partial charge in [-0.2, -0.15) is 5.10 Å². The third-order valence-electron chi connectivity index (χ3n) is 5.39. The van der Waals surface area contributed by atoms with E-state index in [1.54, 1.807) is 13.0 Å². The number of carbonyl (C=O) groups excluding carboxylic acids is 2. The van der Waals surface area contributed by atoms with E-state index >= 15 is 0 Å². The second kappa shape index (κ2) is 9.40. The first-order valence-corrected chi connectivity index (χ1v) is 12.2. The van der Waals surface area contributed by atoms with Crippen LogP contribution in [0.3, 0.4) is 0 Å². The SMILES string of the molecule is C[C@@H](NS(=O)(=O)CCc1ccc(N2CC(=O)NC2=O)nn1)c1ccc(F)c(OCC2CC2)c1. The Kier molecular flexibility index (Phi) is 6.56. The van der Waals surface area contributed by atoms with Gasteiger partial charge >= 0.3 is 6.03 Å². The molecule has 12 heteroatoms. The highest BCUT2D eigenvalue weighted by atomic mass is 32.2. The molecule has 1 atom stereocenters. The second-order valence-electron chi connectivity index (χ2n) is 8.17. The van der Waals surface area contributed by atoms with Gasteiger partial charge in [0, 0.05) is 12.5 Å². The highest BCUT2D eigenvalue weighted by Gasteiger charge is 2.29. The molecule has 4 rings (SSSR count). The van der Waals surface area contributed by atoms with E-state index in [-0.39, 0.29) is 30.3 Å². The molecular weight excluding hydrogens is 453 g/mol. The summed E-state index contributed by atoms with van der Waals surface area (Å²) in [6.45, 7) is 1.99. The van der Waals surface area contributed by atoms with Gasteiger partial charge in [-0.25, -0.2) is 22.3 Å². The molecule has 0 spiro atoms. The number of sulfonamides is 1. The zero-order valence-electron chi connectivity index (χ0n) is 18.0. The summed E-state index contributed by atoms with van der Waals surface area (Å²) in [6.07, 6.45) is 2.26. The summed E-state index contributed by atoms with van der Waals surface area (Å²) in [5.41, 5.74) is 1.01. The number of carbonyl (C=O) groups is 2. The number of benzene rings is 1. The smallest absolute Gasteiger partial charge is 0.330 e. The first-order chi connectivity index (χ1) is 15.7. The van der Waals surface area contributed by atoms with E-state index in [1.165, 1.54) is 24.3 Å². The minimum atomic E-state index is -3.68. The van der Waals surface area contributed by atoms with Crippen molar-refractivity contribution in [1.82, 2.24) is 20.2 Å². The summed E-state index contributed by atoms with van der Waals surface area (Å²) in [5.74, 6) is -0.356. The second-order valence-corrected chi connectivity index (χ2v) is 10.0.